The fraction of sp³-hybridized carbons (Fsp3) is 0.154. The van der Waals surface area contributed by atoms with Crippen molar-refractivity contribution in [2.45, 2.75) is 22.6 Å². The quantitative estimate of drug-likeness (QED) is 0.144. The number of nitrogens with one attached hydrogen (secondary N) is 3. The van der Waals surface area contributed by atoms with Crippen molar-refractivity contribution in [3.05, 3.63) is 77.7 Å². The summed E-state index contributed by atoms with van der Waals surface area (Å²) in [6.45, 7) is 0.223. The molecule has 2 heterocycles. The molecule has 0 fully saturated rings. The molecular weight excluding hydrogens is 478 g/mol. The van der Waals surface area contributed by atoms with E-state index < -0.39 is 5.91 Å². The van der Waals surface area contributed by atoms with E-state index in [1.54, 1.807) is 24.8 Å². The summed E-state index contributed by atoms with van der Waals surface area (Å²) in [7, 11) is 1.57. The van der Waals surface area contributed by atoms with E-state index in [9.17, 15) is 9.59 Å². The van der Waals surface area contributed by atoms with Crippen LogP contribution in [0.15, 0.2) is 70.6 Å². The number of ether oxygens (including phenoxy) is 1. The number of pyridine rings is 1. The molecule has 0 aliphatic carbocycles. The van der Waals surface area contributed by atoms with Gasteiger partial charge in [-0.05, 0) is 61.0 Å². The van der Waals surface area contributed by atoms with Gasteiger partial charge < -0.3 is 10.1 Å². The lowest BCUT2D eigenvalue weighted by atomic mass is 10.2. The highest BCUT2D eigenvalue weighted by atomic mass is 32.2. The van der Waals surface area contributed by atoms with Crippen LogP contribution in [0.2, 0.25) is 0 Å². The van der Waals surface area contributed by atoms with Crippen LogP contribution in [0, 0.1) is 0 Å². The van der Waals surface area contributed by atoms with Crippen LogP contribution in [0.3, 0.4) is 0 Å². The molecule has 0 atom stereocenters. The first kappa shape index (κ1) is 25.0. The van der Waals surface area contributed by atoms with Gasteiger partial charge in [0, 0.05) is 34.8 Å². The summed E-state index contributed by atoms with van der Waals surface area (Å²) < 4.78 is 5.81. The molecule has 184 valence electrons. The Labute approximate surface area is 211 Å². The molecule has 4 aromatic rings. The SMILES string of the molecule is CNC(=O)c1c(OCCCC(=O)NO)cccc1Sc1ccc2c(/C=C/c3ccccn3)n[nH]c2c1. The third kappa shape index (κ3) is 6.09. The lowest BCUT2D eigenvalue weighted by Crippen LogP contribution is -2.21. The van der Waals surface area contributed by atoms with Crippen molar-refractivity contribution in [3.8, 4) is 5.75 Å². The standard InChI is InChI=1S/C26H25N5O4S/c1-27-26(33)25-22(35-15-5-9-24(32)31-34)7-4-8-23(25)36-18-11-12-19-20(29-30-21(19)16-18)13-10-17-6-2-3-14-28-17/h2-4,6-8,10-14,16,34H,5,9,15H2,1H3,(H,27,33)(H,29,30)(H,31,32)/b13-10+. The minimum absolute atomic E-state index is 0.115. The summed E-state index contributed by atoms with van der Waals surface area (Å²) in [6, 6.07) is 17.1. The maximum absolute atomic E-state index is 12.7. The van der Waals surface area contributed by atoms with Crippen LogP contribution in [0.4, 0.5) is 0 Å². The minimum atomic E-state index is -0.487. The van der Waals surface area contributed by atoms with E-state index in [2.05, 4.69) is 20.5 Å². The zero-order chi connectivity index (χ0) is 25.3. The highest BCUT2D eigenvalue weighted by molar-refractivity contribution is 7.99. The van der Waals surface area contributed by atoms with E-state index in [0.29, 0.717) is 17.7 Å². The number of aromatic nitrogens is 3. The number of nitrogens with zero attached hydrogens (tertiary/aromatic N) is 2. The normalized spacial score (nSPS) is 11.1. The third-order valence-corrected chi connectivity index (χ3v) is 6.31. The highest BCUT2D eigenvalue weighted by Gasteiger charge is 2.18. The first-order valence-corrected chi connectivity index (χ1v) is 12.1. The molecule has 4 N–H and O–H groups in total. The van der Waals surface area contributed by atoms with E-state index in [4.69, 9.17) is 9.94 Å². The predicted octanol–water partition coefficient (Wildman–Crippen LogP) is 4.30. The van der Waals surface area contributed by atoms with Gasteiger partial charge >= 0.3 is 0 Å². The molecule has 0 saturated carbocycles. The highest BCUT2D eigenvalue weighted by Crippen LogP contribution is 2.36. The molecular formula is C26H25N5O4S. The van der Waals surface area contributed by atoms with Crippen LogP contribution >= 0.6 is 11.8 Å². The zero-order valence-corrected chi connectivity index (χ0v) is 20.3. The van der Waals surface area contributed by atoms with Crippen molar-refractivity contribution < 1.29 is 19.5 Å². The van der Waals surface area contributed by atoms with Crippen LogP contribution < -0.4 is 15.5 Å². The van der Waals surface area contributed by atoms with Crippen molar-refractivity contribution in [2.75, 3.05) is 13.7 Å². The summed E-state index contributed by atoms with van der Waals surface area (Å²) in [5.41, 5.74) is 4.54. The van der Waals surface area contributed by atoms with E-state index in [1.165, 1.54) is 11.8 Å². The predicted molar refractivity (Wildman–Crippen MR) is 138 cm³/mol. The van der Waals surface area contributed by atoms with Gasteiger partial charge in [-0.15, -0.1) is 0 Å². The summed E-state index contributed by atoms with van der Waals surface area (Å²) in [5.74, 6) is -0.335. The Hall–Kier alpha value is -4.15. The molecule has 4 rings (SSSR count). The fourth-order valence-corrected chi connectivity index (χ4v) is 4.52. The van der Waals surface area contributed by atoms with Gasteiger partial charge in [0.1, 0.15) is 5.75 Å². The molecule has 0 aliphatic heterocycles. The number of carbonyl (C=O) groups excluding carboxylic acids is 2. The summed E-state index contributed by atoms with van der Waals surface area (Å²) >= 11 is 1.44. The van der Waals surface area contributed by atoms with Crippen LogP contribution in [0.5, 0.6) is 5.75 Å². The molecule has 0 bridgehead atoms. The van der Waals surface area contributed by atoms with Crippen molar-refractivity contribution in [1.29, 1.82) is 0 Å². The summed E-state index contributed by atoms with van der Waals surface area (Å²) in [4.78, 5) is 29.9. The van der Waals surface area contributed by atoms with Gasteiger partial charge in [0.15, 0.2) is 0 Å². The number of rotatable bonds is 10. The van der Waals surface area contributed by atoms with Crippen LogP contribution in [0.1, 0.15) is 34.6 Å². The maximum Gasteiger partial charge on any atom is 0.255 e. The summed E-state index contributed by atoms with van der Waals surface area (Å²) in [5, 5.41) is 19.7. The lowest BCUT2D eigenvalue weighted by molar-refractivity contribution is -0.129. The van der Waals surface area contributed by atoms with Gasteiger partial charge in [0.05, 0.1) is 29.1 Å². The van der Waals surface area contributed by atoms with Gasteiger partial charge in [-0.3, -0.25) is 24.9 Å². The number of carbonyl (C=O) groups is 2. The molecule has 10 heteroatoms. The largest absolute Gasteiger partial charge is 0.493 e. The molecule has 0 saturated heterocycles. The van der Waals surface area contributed by atoms with Gasteiger partial charge in [-0.2, -0.15) is 5.10 Å². The van der Waals surface area contributed by atoms with Crippen LogP contribution in [-0.2, 0) is 4.79 Å². The van der Waals surface area contributed by atoms with E-state index in [1.807, 2.05) is 60.7 Å². The second-order valence-corrected chi connectivity index (χ2v) is 8.82. The average molecular weight is 504 g/mol. The Balaban J connectivity index is 1.53. The first-order chi connectivity index (χ1) is 17.6. The first-order valence-electron chi connectivity index (χ1n) is 11.2. The smallest absolute Gasteiger partial charge is 0.255 e. The Bertz CT molecular complexity index is 1390. The van der Waals surface area contributed by atoms with E-state index >= 15 is 0 Å². The number of hydroxylamine groups is 1. The second kappa shape index (κ2) is 12.0. The number of aromatic amines is 1. The van der Waals surface area contributed by atoms with Gasteiger partial charge in [-0.1, -0.05) is 23.9 Å². The average Bonchev–Trinajstić information content (AvgIpc) is 3.32. The lowest BCUT2D eigenvalue weighted by Gasteiger charge is -2.14. The molecule has 2 aromatic heterocycles. The van der Waals surface area contributed by atoms with Crippen molar-refractivity contribution in [2.24, 2.45) is 0 Å². The third-order valence-electron chi connectivity index (χ3n) is 5.26. The Kier molecular flexibility index (Phi) is 8.32. The molecule has 0 spiro atoms. The Morgan fingerprint density at radius 1 is 1.14 bits per heavy atom. The molecule has 2 amide bonds. The van der Waals surface area contributed by atoms with Crippen molar-refractivity contribution in [3.63, 3.8) is 0 Å². The number of H-pyrrole nitrogens is 1. The number of amides is 2. The Morgan fingerprint density at radius 3 is 2.81 bits per heavy atom. The van der Waals surface area contributed by atoms with Crippen LogP contribution in [0.25, 0.3) is 23.1 Å². The van der Waals surface area contributed by atoms with Gasteiger partial charge in [0.2, 0.25) is 5.91 Å². The monoisotopic (exact) mass is 503 g/mol. The molecule has 0 unspecified atom stereocenters. The Morgan fingerprint density at radius 2 is 2.03 bits per heavy atom. The molecule has 0 aliphatic rings. The molecule has 9 nitrogen and oxygen atoms in total. The zero-order valence-electron chi connectivity index (χ0n) is 19.5. The minimum Gasteiger partial charge on any atom is -0.493 e. The molecule has 36 heavy (non-hydrogen) atoms. The fourth-order valence-electron chi connectivity index (χ4n) is 3.51. The van der Waals surface area contributed by atoms with Gasteiger partial charge in [0.25, 0.3) is 5.91 Å². The summed E-state index contributed by atoms with van der Waals surface area (Å²) in [6.07, 6.45) is 6.08. The number of hydrogen-bond donors (Lipinski definition) is 4. The van der Waals surface area contributed by atoms with Crippen LogP contribution in [-0.4, -0.2) is 45.9 Å². The number of hydrogen-bond acceptors (Lipinski definition) is 7. The van der Waals surface area contributed by atoms with Gasteiger partial charge in [-0.25, -0.2) is 5.48 Å². The van der Waals surface area contributed by atoms with Crippen molar-refractivity contribution >= 4 is 46.6 Å². The maximum atomic E-state index is 12.7. The van der Waals surface area contributed by atoms with E-state index in [-0.39, 0.29) is 18.9 Å². The molecule has 0 radical (unpaired) electrons. The number of benzene rings is 2. The van der Waals surface area contributed by atoms with E-state index in [0.717, 1.165) is 32.1 Å². The van der Waals surface area contributed by atoms with Crippen molar-refractivity contribution in [1.82, 2.24) is 26.0 Å². The topological polar surface area (TPSA) is 129 Å². The molecule has 2 aromatic carbocycles. The number of fused-ring (bicyclic) bond motifs is 1. The second-order valence-electron chi connectivity index (χ2n) is 7.70.